The smallest absolute Gasteiger partial charge is 0.336 e. The zero-order valence-corrected chi connectivity index (χ0v) is 16.4. The molecule has 0 radical (unpaired) electrons. The van der Waals surface area contributed by atoms with Crippen molar-refractivity contribution < 1.29 is 12.8 Å². The quantitative estimate of drug-likeness (QED) is 0.506. The number of H-pyrrole nitrogens is 1. The van der Waals surface area contributed by atoms with Crippen molar-refractivity contribution in [2.75, 3.05) is 6.54 Å². The van der Waals surface area contributed by atoms with E-state index >= 15 is 0 Å². The highest BCUT2D eigenvalue weighted by atomic mass is 32.2. The fourth-order valence-corrected chi connectivity index (χ4v) is 4.50. The molecule has 0 unspecified atom stereocenters. The Labute approximate surface area is 162 Å². The van der Waals surface area contributed by atoms with Gasteiger partial charge in [-0.15, -0.1) is 0 Å². The summed E-state index contributed by atoms with van der Waals surface area (Å²) in [5, 5.41) is 1.68. The summed E-state index contributed by atoms with van der Waals surface area (Å²) in [6.45, 7) is 4.32. The number of benzene rings is 2. The Morgan fingerprint density at radius 2 is 1.86 bits per heavy atom. The van der Waals surface area contributed by atoms with E-state index in [1.165, 1.54) is 24.3 Å². The van der Waals surface area contributed by atoms with Crippen molar-refractivity contribution in [1.29, 1.82) is 0 Å². The first-order chi connectivity index (χ1) is 13.3. The lowest BCUT2D eigenvalue weighted by atomic mass is 10.1. The topological polar surface area (TPSA) is 92.2 Å². The summed E-state index contributed by atoms with van der Waals surface area (Å²) in [5.41, 5.74) is 4.26. The molecular weight excluding hydrogens is 376 g/mol. The van der Waals surface area contributed by atoms with E-state index in [0.717, 1.165) is 27.7 Å². The van der Waals surface area contributed by atoms with Gasteiger partial charge in [0.05, 0.1) is 4.90 Å². The average Bonchev–Trinajstić information content (AvgIpc) is 2.96. The molecule has 2 heterocycles. The summed E-state index contributed by atoms with van der Waals surface area (Å²) in [7, 11) is -3.67. The molecule has 4 rings (SSSR count). The fourth-order valence-electron chi connectivity index (χ4n) is 3.43. The molecule has 6 nitrogen and oxygen atoms in total. The molecule has 7 heteroatoms. The van der Waals surface area contributed by atoms with Crippen LogP contribution < -0.4 is 10.3 Å². The SMILES string of the molecule is Cc1ccc2[nH]c(C)c(CCNS(=O)(=O)c3ccc4oc(=O)ccc4c3)c2c1. The third kappa shape index (κ3) is 3.46. The predicted octanol–water partition coefficient (Wildman–Crippen LogP) is 3.41. The van der Waals surface area contributed by atoms with Crippen molar-refractivity contribution >= 4 is 31.9 Å². The van der Waals surface area contributed by atoms with Crippen LogP contribution in [-0.4, -0.2) is 19.9 Å². The number of sulfonamides is 1. The van der Waals surface area contributed by atoms with Gasteiger partial charge >= 0.3 is 5.63 Å². The summed E-state index contributed by atoms with van der Waals surface area (Å²) in [6.07, 6.45) is 0.580. The molecule has 0 aliphatic rings. The van der Waals surface area contributed by atoms with Crippen LogP contribution >= 0.6 is 0 Å². The van der Waals surface area contributed by atoms with Crippen LogP contribution in [0.2, 0.25) is 0 Å². The van der Waals surface area contributed by atoms with Crippen LogP contribution in [0.4, 0.5) is 0 Å². The zero-order chi connectivity index (χ0) is 19.9. The summed E-state index contributed by atoms with van der Waals surface area (Å²) in [5.74, 6) is 0. The minimum atomic E-state index is -3.67. The number of aromatic amines is 1. The third-order valence-electron chi connectivity index (χ3n) is 4.84. The Hall–Kier alpha value is -2.90. The maximum atomic E-state index is 12.7. The zero-order valence-electron chi connectivity index (χ0n) is 15.6. The van der Waals surface area contributed by atoms with Crippen LogP contribution in [0.25, 0.3) is 21.9 Å². The molecule has 0 aliphatic heterocycles. The van der Waals surface area contributed by atoms with E-state index in [1.807, 2.05) is 26.0 Å². The van der Waals surface area contributed by atoms with Crippen molar-refractivity contribution in [1.82, 2.24) is 9.71 Å². The number of aromatic nitrogens is 1. The number of hydrogen-bond donors (Lipinski definition) is 2. The molecule has 0 amide bonds. The fraction of sp³-hybridized carbons (Fsp3) is 0.190. The van der Waals surface area contributed by atoms with Gasteiger partial charge < -0.3 is 9.40 Å². The number of nitrogens with one attached hydrogen (secondary N) is 2. The standard InChI is InChI=1S/C21H20N2O4S/c1-13-3-6-19-18(11-13)17(14(2)23-19)9-10-22-28(25,26)16-5-7-20-15(12-16)4-8-21(24)27-20/h3-8,11-12,22-23H,9-10H2,1-2H3. The second-order valence-corrected chi connectivity index (χ2v) is 8.65. The molecule has 0 atom stereocenters. The van der Waals surface area contributed by atoms with Gasteiger partial charge in [-0.2, -0.15) is 0 Å². The van der Waals surface area contributed by atoms with Gasteiger partial charge in [0.2, 0.25) is 10.0 Å². The van der Waals surface area contributed by atoms with Crippen molar-refractivity contribution in [3.63, 3.8) is 0 Å². The molecule has 2 aromatic heterocycles. The summed E-state index contributed by atoms with van der Waals surface area (Å²) < 4.78 is 33.0. The van der Waals surface area contributed by atoms with Crippen molar-refractivity contribution in [3.05, 3.63) is 75.8 Å². The van der Waals surface area contributed by atoms with Crippen molar-refractivity contribution in [2.24, 2.45) is 0 Å². The highest BCUT2D eigenvalue weighted by Crippen LogP contribution is 2.24. The summed E-state index contributed by atoms with van der Waals surface area (Å²) in [4.78, 5) is 14.7. The number of fused-ring (bicyclic) bond motifs is 2. The van der Waals surface area contributed by atoms with Crippen LogP contribution in [0, 0.1) is 13.8 Å². The van der Waals surface area contributed by atoms with Crippen LogP contribution in [0.1, 0.15) is 16.8 Å². The normalized spacial score (nSPS) is 12.1. The molecule has 0 saturated heterocycles. The van der Waals surface area contributed by atoms with E-state index in [4.69, 9.17) is 4.42 Å². The van der Waals surface area contributed by atoms with Crippen molar-refractivity contribution in [2.45, 2.75) is 25.2 Å². The molecule has 2 aromatic carbocycles. The van der Waals surface area contributed by atoms with E-state index in [1.54, 1.807) is 6.07 Å². The lowest BCUT2D eigenvalue weighted by Crippen LogP contribution is -2.26. The molecule has 0 saturated carbocycles. The first kappa shape index (κ1) is 18.5. The third-order valence-corrected chi connectivity index (χ3v) is 6.30. The van der Waals surface area contributed by atoms with Gasteiger partial charge in [-0.1, -0.05) is 11.6 Å². The lowest BCUT2D eigenvalue weighted by Gasteiger charge is -2.08. The Morgan fingerprint density at radius 3 is 2.68 bits per heavy atom. The Morgan fingerprint density at radius 1 is 1.04 bits per heavy atom. The van der Waals surface area contributed by atoms with Gasteiger partial charge in [-0.3, -0.25) is 0 Å². The average molecular weight is 396 g/mol. The van der Waals surface area contributed by atoms with Crippen LogP contribution in [0.5, 0.6) is 0 Å². The first-order valence-corrected chi connectivity index (χ1v) is 10.4. The molecule has 0 fully saturated rings. The second-order valence-electron chi connectivity index (χ2n) is 6.88. The number of rotatable bonds is 5. The maximum absolute atomic E-state index is 12.7. The van der Waals surface area contributed by atoms with E-state index in [9.17, 15) is 13.2 Å². The summed E-state index contributed by atoms with van der Waals surface area (Å²) in [6, 6.07) is 13.5. The highest BCUT2D eigenvalue weighted by molar-refractivity contribution is 7.89. The van der Waals surface area contributed by atoms with Crippen LogP contribution in [0.15, 0.2) is 62.6 Å². The minimum Gasteiger partial charge on any atom is -0.423 e. The highest BCUT2D eigenvalue weighted by Gasteiger charge is 2.16. The summed E-state index contributed by atoms with van der Waals surface area (Å²) >= 11 is 0. The van der Waals surface area contributed by atoms with Gasteiger partial charge in [0.1, 0.15) is 5.58 Å². The maximum Gasteiger partial charge on any atom is 0.336 e. The first-order valence-electron chi connectivity index (χ1n) is 8.95. The molecule has 0 bridgehead atoms. The van der Waals surface area contributed by atoms with Crippen molar-refractivity contribution in [3.8, 4) is 0 Å². The second kappa shape index (κ2) is 6.92. The lowest BCUT2D eigenvalue weighted by molar-refractivity contribution is 0.560. The molecule has 0 spiro atoms. The monoisotopic (exact) mass is 396 g/mol. The molecule has 2 N–H and O–H groups in total. The van der Waals surface area contributed by atoms with E-state index in [-0.39, 0.29) is 11.4 Å². The van der Waals surface area contributed by atoms with Gasteiger partial charge in [0.25, 0.3) is 0 Å². The number of aryl methyl sites for hydroxylation is 2. The molecular formula is C21H20N2O4S. The Balaban J connectivity index is 1.55. The van der Waals surface area contributed by atoms with E-state index in [2.05, 4.69) is 15.8 Å². The van der Waals surface area contributed by atoms with Gasteiger partial charge in [0, 0.05) is 34.6 Å². The molecule has 4 aromatic rings. The largest absolute Gasteiger partial charge is 0.423 e. The van der Waals surface area contributed by atoms with E-state index < -0.39 is 15.6 Å². The van der Waals surface area contributed by atoms with Gasteiger partial charge in [-0.25, -0.2) is 17.9 Å². The van der Waals surface area contributed by atoms with E-state index in [0.29, 0.717) is 17.4 Å². The number of hydrogen-bond acceptors (Lipinski definition) is 4. The Kier molecular flexibility index (Phi) is 4.56. The molecule has 144 valence electrons. The molecule has 28 heavy (non-hydrogen) atoms. The van der Waals surface area contributed by atoms with Crippen LogP contribution in [-0.2, 0) is 16.4 Å². The van der Waals surface area contributed by atoms with Crippen LogP contribution in [0.3, 0.4) is 0 Å². The van der Waals surface area contributed by atoms with Gasteiger partial charge in [0.15, 0.2) is 0 Å². The van der Waals surface area contributed by atoms with Gasteiger partial charge in [-0.05, 0) is 62.2 Å². The predicted molar refractivity (Wildman–Crippen MR) is 109 cm³/mol. The minimum absolute atomic E-state index is 0.139. The Bertz CT molecular complexity index is 1350. The molecule has 0 aliphatic carbocycles.